The molecule has 94 valence electrons. The van der Waals surface area contributed by atoms with Crippen molar-refractivity contribution in [1.82, 2.24) is 0 Å². The van der Waals surface area contributed by atoms with E-state index in [9.17, 15) is 9.59 Å². The number of halogens is 1. The van der Waals surface area contributed by atoms with Crippen molar-refractivity contribution >= 4 is 35.1 Å². The molecule has 0 bridgehead atoms. The highest BCUT2D eigenvalue weighted by Crippen LogP contribution is 2.23. The molecule has 0 aromatic heterocycles. The van der Waals surface area contributed by atoms with Gasteiger partial charge in [0.25, 0.3) is 0 Å². The van der Waals surface area contributed by atoms with Gasteiger partial charge in [-0.15, -0.1) is 11.6 Å². The van der Waals surface area contributed by atoms with Crippen molar-refractivity contribution in [3.05, 3.63) is 35.4 Å². The molecule has 0 radical (unpaired) electrons. The van der Waals surface area contributed by atoms with Crippen LogP contribution in [-0.4, -0.2) is 17.6 Å². The molecule has 0 fully saturated rings. The fourth-order valence-corrected chi connectivity index (χ4v) is 2.02. The second-order valence-electron chi connectivity index (χ2n) is 4.25. The molecular weight excluding hydrogens is 250 g/mol. The van der Waals surface area contributed by atoms with Gasteiger partial charge in [-0.25, -0.2) is 0 Å². The molecular formula is C14H14ClNO2. The van der Waals surface area contributed by atoms with Crippen molar-refractivity contribution in [2.75, 3.05) is 11.2 Å². The Labute approximate surface area is 111 Å². The van der Waals surface area contributed by atoms with Crippen LogP contribution in [0.15, 0.2) is 24.3 Å². The summed E-state index contributed by atoms with van der Waals surface area (Å²) >= 11 is 5.42. The number of benzene rings is 1. The van der Waals surface area contributed by atoms with E-state index < -0.39 is 0 Å². The molecule has 0 atom stereocenters. The van der Waals surface area contributed by atoms with Crippen molar-refractivity contribution in [3.8, 4) is 0 Å². The fourth-order valence-electron chi connectivity index (χ4n) is 1.93. The summed E-state index contributed by atoms with van der Waals surface area (Å²) in [7, 11) is 0. The van der Waals surface area contributed by atoms with Crippen LogP contribution >= 0.6 is 11.6 Å². The number of alkyl halides is 1. The largest absolute Gasteiger partial charge is 0.326 e. The lowest BCUT2D eigenvalue weighted by molar-refractivity contribution is -0.116. The Morgan fingerprint density at radius 2 is 2.22 bits per heavy atom. The molecule has 0 unspecified atom stereocenters. The summed E-state index contributed by atoms with van der Waals surface area (Å²) in [5, 5.41) is 2.87. The maximum atomic E-state index is 11.4. The summed E-state index contributed by atoms with van der Waals surface area (Å²) in [6.45, 7) is 0. The van der Waals surface area contributed by atoms with Gasteiger partial charge in [-0.1, -0.05) is 12.1 Å². The number of amides is 1. The van der Waals surface area contributed by atoms with Gasteiger partial charge in [0.05, 0.1) is 5.88 Å². The number of hydrogen-bond donors (Lipinski definition) is 1. The topological polar surface area (TPSA) is 46.2 Å². The monoisotopic (exact) mass is 263 g/mol. The van der Waals surface area contributed by atoms with Gasteiger partial charge in [-0.2, -0.15) is 0 Å². The third kappa shape index (κ3) is 3.20. The highest BCUT2D eigenvalue weighted by atomic mass is 35.5. The van der Waals surface area contributed by atoms with E-state index in [1.807, 2.05) is 18.2 Å². The molecule has 1 N–H and O–H groups in total. The van der Waals surface area contributed by atoms with Crippen LogP contribution in [0, 0.1) is 0 Å². The number of carbonyl (C=O) groups excluding carboxylic acids is 2. The van der Waals surface area contributed by atoms with Gasteiger partial charge in [0.2, 0.25) is 5.91 Å². The number of hydrogen-bond acceptors (Lipinski definition) is 2. The van der Waals surface area contributed by atoms with E-state index in [0.717, 1.165) is 29.7 Å². The molecule has 1 heterocycles. The zero-order valence-electron chi connectivity index (χ0n) is 9.91. The number of allylic oxidation sites excluding steroid dienone is 1. The molecule has 4 heteroatoms. The smallest absolute Gasteiger partial charge is 0.224 e. The Kier molecular flexibility index (Phi) is 4.15. The first kappa shape index (κ1) is 12.8. The molecule has 1 aromatic rings. The van der Waals surface area contributed by atoms with Crippen LogP contribution in [0.4, 0.5) is 5.69 Å². The predicted octanol–water partition coefficient (Wildman–Crippen LogP) is 2.78. The van der Waals surface area contributed by atoms with Crippen molar-refractivity contribution in [3.63, 3.8) is 0 Å². The highest BCUT2D eigenvalue weighted by Gasteiger charge is 2.12. The van der Waals surface area contributed by atoms with Crippen molar-refractivity contribution < 1.29 is 9.59 Å². The zero-order valence-corrected chi connectivity index (χ0v) is 10.7. The Balaban J connectivity index is 2.21. The molecule has 0 saturated heterocycles. The van der Waals surface area contributed by atoms with Crippen molar-refractivity contribution in [2.45, 2.75) is 19.3 Å². The molecule has 2 rings (SSSR count). The zero-order chi connectivity index (χ0) is 13.0. The van der Waals surface area contributed by atoms with Crippen LogP contribution in [0.25, 0.3) is 6.08 Å². The second-order valence-corrected chi connectivity index (χ2v) is 4.52. The van der Waals surface area contributed by atoms with E-state index in [1.165, 1.54) is 6.08 Å². The van der Waals surface area contributed by atoms with Crippen LogP contribution in [0.1, 0.15) is 24.0 Å². The van der Waals surface area contributed by atoms with Crippen LogP contribution in [0.5, 0.6) is 0 Å². The van der Waals surface area contributed by atoms with E-state index in [0.29, 0.717) is 6.42 Å². The Morgan fingerprint density at radius 3 is 3.00 bits per heavy atom. The van der Waals surface area contributed by atoms with E-state index in [4.69, 9.17) is 11.6 Å². The van der Waals surface area contributed by atoms with Crippen LogP contribution in [0.2, 0.25) is 0 Å². The normalized spacial score (nSPS) is 15.1. The summed E-state index contributed by atoms with van der Waals surface area (Å²) in [6, 6.07) is 5.75. The number of carbonyl (C=O) groups is 2. The molecule has 0 spiro atoms. The Bertz CT molecular complexity index is 509. The van der Waals surface area contributed by atoms with Gasteiger partial charge in [0.1, 0.15) is 0 Å². The molecule has 3 nitrogen and oxygen atoms in total. The van der Waals surface area contributed by atoms with Gasteiger partial charge >= 0.3 is 0 Å². The van der Waals surface area contributed by atoms with Crippen LogP contribution in [0.3, 0.4) is 0 Å². The first-order chi connectivity index (χ1) is 8.69. The number of nitrogens with one attached hydrogen (secondary N) is 1. The first-order valence-corrected chi connectivity index (χ1v) is 6.42. The summed E-state index contributed by atoms with van der Waals surface area (Å²) in [6.07, 6.45) is 5.51. The highest BCUT2D eigenvalue weighted by molar-refractivity contribution is 6.29. The number of rotatable bonds is 3. The molecule has 1 aliphatic heterocycles. The molecule has 1 aromatic carbocycles. The summed E-state index contributed by atoms with van der Waals surface area (Å²) in [5.74, 6) is -0.0495. The van der Waals surface area contributed by atoms with Gasteiger partial charge in [-0.05, 0) is 42.2 Å². The van der Waals surface area contributed by atoms with E-state index in [-0.39, 0.29) is 17.6 Å². The van der Waals surface area contributed by atoms with Crippen LogP contribution in [-0.2, 0) is 16.0 Å². The average molecular weight is 264 g/mol. The molecule has 1 amide bonds. The minimum atomic E-state index is -0.111. The van der Waals surface area contributed by atoms with Crippen LogP contribution < -0.4 is 5.32 Å². The quantitative estimate of drug-likeness (QED) is 0.673. The predicted molar refractivity (Wildman–Crippen MR) is 72.8 cm³/mol. The number of fused-ring (bicyclic) bond motifs is 1. The summed E-state index contributed by atoms with van der Waals surface area (Å²) in [4.78, 5) is 22.5. The van der Waals surface area contributed by atoms with Crippen molar-refractivity contribution in [1.29, 1.82) is 0 Å². The fraction of sp³-hybridized carbons (Fsp3) is 0.286. The van der Waals surface area contributed by atoms with E-state index in [2.05, 4.69) is 5.32 Å². The average Bonchev–Trinajstić information content (AvgIpc) is 2.56. The van der Waals surface area contributed by atoms with Gasteiger partial charge in [0, 0.05) is 12.1 Å². The molecule has 0 aliphatic carbocycles. The second kappa shape index (κ2) is 5.83. The Hall–Kier alpha value is -1.61. The number of ketones is 1. The van der Waals surface area contributed by atoms with Crippen molar-refractivity contribution in [2.24, 2.45) is 0 Å². The maximum Gasteiger partial charge on any atom is 0.224 e. The van der Waals surface area contributed by atoms with Gasteiger partial charge < -0.3 is 5.32 Å². The molecule has 18 heavy (non-hydrogen) atoms. The van der Waals surface area contributed by atoms with Gasteiger partial charge in [0.15, 0.2) is 5.78 Å². The lowest BCUT2D eigenvalue weighted by Crippen LogP contribution is -2.09. The minimum absolute atomic E-state index is 0.00248. The summed E-state index contributed by atoms with van der Waals surface area (Å²) < 4.78 is 0. The SMILES string of the molecule is O=C(C=Cc1ccc2c(c1)CCCC(=O)N2)CCl. The minimum Gasteiger partial charge on any atom is -0.326 e. The maximum absolute atomic E-state index is 11.4. The van der Waals surface area contributed by atoms with E-state index in [1.54, 1.807) is 6.08 Å². The number of anilines is 1. The first-order valence-electron chi connectivity index (χ1n) is 5.88. The lowest BCUT2D eigenvalue weighted by atomic mass is 10.0. The molecule has 0 saturated carbocycles. The third-order valence-corrected chi connectivity index (χ3v) is 3.11. The standard InChI is InChI=1S/C14H14ClNO2/c15-9-12(17)6-4-10-5-7-13-11(8-10)2-1-3-14(18)16-13/h4-8H,1-3,9H2,(H,16,18). The Morgan fingerprint density at radius 1 is 1.39 bits per heavy atom. The number of aryl methyl sites for hydroxylation is 1. The molecule has 1 aliphatic rings. The summed E-state index contributed by atoms with van der Waals surface area (Å²) in [5.41, 5.74) is 2.93. The third-order valence-electron chi connectivity index (χ3n) is 2.85. The lowest BCUT2D eigenvalue weighted by Gasteiger charge is -2.07. The van der Waals surface area contributed by atoms with E-state index >= 15 is 0 Å². The van der Waals surface area contributed by atoms with Gasteiger partial charge in [-0.3, -0.25) is 9.59 Å².